The molecule has 0 spiro atoms. The highest BCUT2D eigenvalue weighted by atomic mass is 16.5. The molecule has 1 aliphatic carbocycles. The van der Waals surface area contributed by atoms with Crippen LogP contribution in [0.15, 0.2) is 0 Å². The van der Waals surface area contributed by atoms with Crippen LogP contribution < -0.4 is 0 Å². The molecule has 0 aromatic carbocycles. The summed E-state index contributed by atoms with van der Waals surface area (Å²) in [6.45, 7) is 1.48. The zero-order valence-corrected chi connectivity index (χ0v) is 7.06. The lowest BCUT2D eigenvalue weighted by Crippen LogP contribution is -2.31. The van der Waals surface area contributed by atoms with Crippen LogP contribution in [0, 0.1) is 0 Å². The zero-order valence-electron chi connectivity index (χ0n) is 7.06. The van der Waals surface area contributed by atoms with Gasteiger partial charge in [-0.25, -0.2) is 4.79 Å². The maximum Gasteiger partial charge on any atom is 0.332 e. The summed E-state index contributed by atoms with van der Waals surface area (Å²) in [7, 11) is 0. The Balaban J connectivity index is 2.35. The van der Waals surface area contributed by atoms with Crippen molar-refractivity contribution in [2.75, 3.05) is 0 Å². The van der Waals surface area contributed by atoms with Crippen LogP contribution >= 0.6 is 0 Å². The van der Waals surface area contributed by atoms with E-state index >= 15 is 0 Å². The third-order valence-electron chi connectivity index (χ3n) is 2.14. The lowest BCUT2D eigenvalue weighted by molar-refractivity contribution is -0.155. The number of aliphatic hydroxyl groups excluding tert-OH is 1. The van der Waals surface area contributed by atoms with Crippen molar-refractivity contribution in [1.82, 2.24) is 0 Å². The van der Waals surface area contributed by atoms with Crippen LogP contribution in [0.2, 0.25) is 0 Å². The van der Waals surface area contributed by atoms with E-state index in [0.29, 0.717) is 0 Å². The summed E-state index contributed by atoms with van der Waals surface area (Å²) in [6.07, 6.45) is 0.819. The smallest absolute Gasteiger partial charge is 0.332 e. The molecule has 1 saturated carbocycles. The van der Waals surface area contributed by atoms with Gasteiger partial charge in [0.25, 0.3) is 0 Å². The van der Waals surface area contributed by atoms with Crippen molar-refractivity contribution < 1.29 is 19.7 Å². The van der Waals surface area contributed by atoms with Gasteiger partial charge in [0.1, 0.15) is 0 Å². The monoisotopic (exact) mass is 174 g/mol. The number of rotatable bonds is 3. The van der Waals surface area contributed by atoms with Gasteiger partial charge in [-0.2, -0.15) is 0 Å². The van der Waals surface area contributed by atoms with Crippen LogP contribution in [-0.2, 0) is 9.53 Å². The lowest BCUT2D eigenvalue weighted by Gasteiger charge is -2.18. The Morgan fingerprint density at radius 3 is 2.67 bits per heavy atom. The van der Waals surface area contributed by atoms with Gasteiger partial charge in [-0.05, 0) is 26.2 Å². The number of carboxylic acids is 1. The van der Waals surface area contributed by atoms with Crippen LogP contribution in [0.1, 0.15) is 26.2 Å². The van der Waals surface area contributed by atoms with Crippen LogP contribution in [0.25, 0.3) is 0 Å². The first-order valence-electron chi connectivity index (χ1n) is 4.17. The van der Waals surface area contributed by atoms with Crippen molar-refractivity contribution in [2.45, 2.75) is 44.5 Å². The Morgan fingerprint density at radius 1 is 1.58 bits per heavy atom. The molecule has 12 heavy (non-hydrogen) atoms. The third kappa shape index (κ3) is 2.19. The van der Waals surface area contributed by atoms with Gasteiger partial charge in [-0.15, -0.1) is 0 Å². The van der Waals surface area contributed by atoms with E-state index in [0.717, 1.165) is 19.3 Å². The molecule has 0 amide bonds. The Hall–Kier alpha value is -0.610. The van der Waals surface area contributed by atoms with E-state index in [2.05, 4.69) is 0 Å². The van der Waals surface area contributed by atoms with Gasteiger partial charge in [0, 0.05) is 0 Å². The Labute approximate surface area is 71.2 Å². The standard InChI is InChI=1S/C8H14O4/c1-5(8(10)11)12-7-4-2-3-6(7)9/h5-7,9H,2-4H2,1H3,(H,10,11)/t5-,6?,7?/m0/s1. The molecule has 70 valence electrons. The third-order valence-corrected chi connectivity index (χ3v) is 2.14. The van der Waals surface area contributed by atoms with E-state index < -0.39 is 18.2 Å². The quantitative estimate of drug-likeness (QED) is 0.649. The van der Waals surface area contributed by atoms with E-state index in [9.17, 15) is 9.90 Å². The first-order valence-corrected chi connectivity index (χ1v) is 4.17. The molecule has 0 aromatic heterocycles. The van der Waals surface area contributed by atoms with Crippen LogP contribution in [0.5, 0.6) is 0 Å². The molecule has 0 aliphatic heterocycles. The van der Waals surface area contributed by atoms with E-state index in [1.54, 1.807) is 0 Å². The fourth-order valence-corrected chi connectivity index (χ4v) is 1.39. The molecule has 2 N–H and O–H groups in total. The molecular weight excluding hydrogens is 160 g/mol. The zero-order chi connectivity index (χ0) is 9.14. The maximum atomic E-state index is 10.4. The molecule has 1 fully saturated rings. The van der Waals surface area contributed by atoms with Crippen molar-refractivity contribution in [1.29, 1.82) is 0 Å². The molecule has 4 nitrogen and oxygen atoms in total. The van der Waals surface area contributed by atoms with E-state index in [-0.39, 0.29) is 6.10 Å². The Bertz CT molecular complexity index is 168. The average Bonchev–Trinajstić information content (AvgIpc) is 2.36. The lowest BCUT2D eigenvalue weighted by atomic mass is 10.2. The molecule has 3 atom stereocenters. The summed E-state index contributed by atoms with van der Waals surface area (Å²) >= 11 is 0. The molecule has 0 radical (unpaired) electrons. The van der Waals surface area contributed by atoms with E-state index in [4.69, 9.17) is 9.84 Å². The second-order valence-corrected chi connectivity index (χ2v) is 3.15. The number of carboxylic acid groups (broad SMARTS) is 1. The van der Waals surface area contributed by atoms with Gasteiger partial charge in [0.05, 0.1) is 12.2 Å². The number of ether oxygens (including phenoxy) is 1. The molecule has 1 aliphatic rings. The molecule has 0 bridgehead atoms. The highest BCUT2D eigenvalue weighted by Crippen LogP contribution is 2.22. The van der Waals surface area contributed by atoms with Crippen molar-refractivity contribution in [2.24, 2.45) is 0 Å². The van der Waals surface area contributed by atoms with Gasteiger partial charge in [-0.1, -0.05) is 0 Å². The summed E-state index contributed by atoms with van der Waals surface area (Å²) < 4.78 is 5.14. The number of hydrogen-bond acceptors (Lipinski definition) is 3. The van der Waals surface area contributed by atoms with Crippen molar-refractivity contribution in [3.63, 3.8) is 0 Å². The highest BCUT2D eigenvalue weighted by molar-refractivity contribution is 5.71. The van der Waals surface area contributed by atoms with E-state index in [1.165, 1.54) is 6.92 Å². The van der Waals surface area contributed by atoms with Gasteiger partial charge >= 0.3 is 5.97 Å². The maximum absolute atomic E-state index is 10.4. The second-order valence-electron chi connectivity index (χ2n) is 3.15. The van der Waals surface area contributed by atoms with Crippen molar-refractivity contribution in [3.8, 4) is 0 Å². The molecule has 0 saturated heterocycles. The second kappa shape index (κ2) is 3.87. The van der Waals surface area contributed by atoms with Crippen LogP contribution in [0.3, 0.4) is 0 Å². The number of aliphatic hydroxyl groups is 1. The summed E-state index contributed by atoms with van der Waals surface area (Å²) in [5.74, 6) is -0.978. The van der Waals surface area contributed by atoms with Gasteiger partial charge in [0.15, 0.2) is 6.10 Å². The minimum absolute atomic E-state index is 0.281. The molecule has 2 unspecified atom stereocenters. The van der Waals surface area contributed by atoms with Crippen LogP contribution in [0.4, 0.5) is 0 Å². The van der Waals surface area contributed by atoms with Crippen molar-refractivity contribution >= 4 is 5.97 Å². The normalized spacial score (nSPS) is 31.8. The predicted molar refractivity (Wildman–Crippen MR) is 41.8 cm³/mol. The summed E-state index contributed by atoms with van der Waals surface area (Å²) in [4.78, 5) is 10.4. The van der Waals surface area contributed by atoms with Crippen LogP contribution in [-0.4, -0.2) is 34.5 Å². The average molecular weight is 174 g/mol. The number of aliphatic carboxylic acids is 1. The Kier molecular flexibility index (Phi) is 3.05. The minimum Gasteiger partial charge on any atom is -0.479 e. The minimum atomic E-state index is -0.978. The largest absolute Gasteiger partial charge is 0.479 e. The summed E-state index contributed by atoms with van der Waals surface area (Å²) in [5, 5.41) is 17.8. The fraction of sp³-hybridized carbons (Fsp3) is 0.875. The highest BCUT2D eigenvalue weighted by Gasteiger charge is 2.29. The summed E-state index contributed by atoms with van der Waals surface area (Å²) in [6, 6.07) is 0. The first kappa shape index (κ1) is 9.48. The fourth-order valence-electron chi connectivity index (χ4n) is 1.39. The van der Waals surface area contributed by atoms with Gasteiger partial charge in [0.2, 0.25) is 0 Å². The SMILES string of the molecule is C[C@H](OC1CCCC1O)C(=O)O. The molecule has 4 heteroatoms. The van der Waals surface area contributed by atoms with E-state index in [1.807, 2.05) is 0 Å². The van der Waals surface area contributed by atoms with Gasteiger partial charge < -0.3 is 14.9 Å². The molecule has 1 rings (SSSR count). The molecule has 0 aromatic rings. The molecule has 0 heterocycles. The number of hydrogen-bond donors (Lipinski definition) is 2. The summed E-state index contributed by atoms with van der Waals surface area (Å²) in [5.41, 5.74) is 0. The first-order chi connectivity index (χ1) is 5.61. The number of carbonyl (C=O) groups is 1. The Morgan fingerprint density at radius 2 is 2.25 bits per heavy atom. The topological polar surface area (TPSA) is 66.8 Å². The predicted octanol–water partition coefficient (Wildman–Crippen LogP) is 0.389. The van der Waals surface area contributed by atoms with Gasteiger partial charge in [-0.3, -0.25) is 0 Å². The van der Waals surface area contributed by atoms with Crippen molar-refractivity contribution in [3.05, 3.63) is 0 Å². The molecular formula is C8H14O4.